The van der Waals surface area contributed by atoms with Crippen molar-refractivity contribution in [3.05, 3.63) is 17.2 Å². The molecule has 2 aromatic heterocycles. The van der Waals surface area contributed by atoms with Gasteiger partial charge in [0.2, 0.25) is 0 Å². The predicted octanol–water partition coefficient (Wildman–Crippen LogP) is 1.12. The molecule has 0 bridgehead atoms. The van der Waals surface area contributed by atoms with Crippen LogP contribution in [0.25, 0.3) is 5.78 Å². The first-order chi connectivity index (χ1) is 7.49. The van der Waals surface area contributed by atoms with Crippen LogP contribution in [0.1, 0.15) is 37.0 Å². The first-order valence-electron chi connectivity index (χ1n) is 5.14. The number of imidazole rings is 1. The average Bonchev–Trinajstić information content (AvgIpc) is 2.67. The highest BCUT2D eigenvalue weighted by molar-refractivity contribution is 5.70. The van der Waals surface area contributed by atoms with Crippen molar-refractivity contribution in [1.82, 2.24) is 19.6 Å². The largest absolute Gasteiger partial charge is 0.481 e. The van der Waals surface area contributed by atoms with Crippen LogP contribution in [0.3, 0.4) is 0 Å². The maximum atomic E-state index is 10.7. The second kappa shape index (κ2) is 3.62. The molecule has 0 unspecified atom stereocenters. The Hall–Kier alpha value is -1.85. The number of aliphatic carboxylic acids is 1. The molecule has 0 radical (unpaired) electrons. The Morgan fingerprint density at radius 2 is 2.19 bits per heavy atom. The maximum absolute atomic E-state index is 10.7. The summed E-state index contributed by atoms with van der Waals surface area (Å²) < 4.78 is 1.65. The second-order valence-electron chi connectivity index (χ2n) is 4.11. The van der Waals surface area contributed by atoms with Crippen molar-refractivity contribution >= 4 is 11.7 Å². The number of H-pyrrole nitrogens is 1. The number of carboxylic acid groups (broad SMARTS) is 1. The number of rotatable bonds is 3. The molecule has 0 atom stereocenters. The SMILES string of the molecule is Cc1nc2nc(C(C)C)[nH]n2c1CC(=O)O. The van der Waals surface area contributed by atoms with E-state index in [1.807, 2.05) is 13.8 Å². The minimum absolute atomic E-state index is 0.0489. The van der Waals surface area contributed by atoms with Crippen LogP contribution in [-0.2, 0) is 11.2 Å². The Bertz CT molecular complexity index is 538. The molecule has 2 N–H and O–H groups in total. The molecule has 0 saturated heterocycles. The number of aromatic nitrogens is 4. The summed E-state index contributed by atoms with van der Waals surface area (Å²) in [4.78, 5) is 19.3. The van der Waals surface area contributed by atoms with Gasteiger partial charge >= 0.3 is 5.97 Å². The lowest BCUT2D eigenvalue weighted by Crippen LogP contribution is -2.05. The van der Waals surface area contributed by atoms with Crippen molar-refractivity contribution in [2.45, 2.75) is 33.1 Å². The molecule has 0 aliphatic heterocycles. The summed E-state index contributed by atoms with van der Waals surface area (Å²) >= 11 is 0. The summed E-state index contributed by atoms with van der Waals surface area (Å²) in [6.07, 6.45) is -0.0489. The zero-order valence-corrected chi connectivity index (χ0v) is 9.48. The van der Waals surface area contributed by atoms with E-state index in [0.717, 1.165) is 5.82 Å². The number of nitrogens with zero attached hydrogens (tertiary/aromatic N) is 3. The van der Waals surface area contributed by atoms with Crippen LogP contribution < -0.4 is 0 Å². The molecule has 2 rings (SSSR count). The molecule has 2 aromatic rings. The Balaban J connectivity index is 2.53. The summed E-state index contributed by atoms with van der Waals surface area (Å²) in [5.74, 6) is 0.747. The smallest absolute Gasteiger partial charge is 0.309 e. The normalized spacial score (nSPS) is 11.5. The van der Waals surface area contributed by atoms with E-state index in [1.165, 1.54) is 0 Å². The van der Waals surface area contributed by atoms with Crippen molar-refractivity contribution in [3.8, 4) is 0 Å². The highest BCUT2D eigenvalue weighted by Gasteiger charge is 2.16. The maximum Gasteiger partial charge on any atom is 0.309 e. The topological polar surface area (TPSA) is 83.3 Å². The number of aromatic amines is 1. The molecule has 0 aliphatic carbocycles. The van der Waals surface area contributed by atoms with Crippen LogP contribution in [-0.4, -0.2) is 30.7 Å². The molecular weight excluding hydrogens is 208 g/mol. The van der Waals surface area contributed by atoms with Gasteiger partial charge in [-0.25, -0.2) is 9.50 Å². The monoisotopic (exact) mass is 222 g/mol. The third-order valence-corrected chi connectivity index (χ3v) is 2.47. The second-order valence-corrected chi connectivity index (χ2v) is 4.11. The summed E-state index contributed by atoms with van der Waals surface area (Å²) in [7, 11) is 0. The van der Waals surface area contributed by atoms with E-state index in [1.54, 1.807) is 11.4 Å². The number of hydrogen-bond acceptors (Lipinski definition) is 3. The third kappa shape index (κ3) is 1.66. The fraction of sp³-hybridized carbons (Fsp3) is 0.500. The third-order valence-electron chi connectivity index (χ3n) is 2.47. The van der Waals surface area contributed by atoms with Crippen LogP contribution in [0.5, 0.6) is 0 Å². The molecular formula is C10H14N4O2. The number of nitrogens with one attached hydrogen (secondary N) is 1. The van der Waals surface area contributed by atoms with Crippen molar-refractivity contribution in [3.63, 3.8) is 0 Å². The molecule has 0 aliphatic rings. The summed E-state index contributed by atoms with van der Waals surface area (Å²) in [6, 6.07) is 0. The zero-order valence-electron chi connectivity index (χ0n) is 9.48. The van der Waals surface area contributed by atoms with Crippen LogP contribution in [0.2, 0.25) is 0 Å². The summed E-state index contributed by atoms with van der Waals surface area (Å²) in [5, 5.41) is 11.9. The first-order valence-corrected chi connectivity index (χ1v) is 5.14. The molecule has 0 spiro atoms. The fourth-order valence-corrected chi connectivity index (χ4v) is 1.60. The molecule has 0 amide bonds. The lowest BCUT2D eigenvalue weighted by Gasteiger charge is -1.99. The standard InChI is InChI=1S/C10H14N4O2/c1-5(2)9-12-10-11-6(3)7(4-8(15)16)14(10)13-9/h5H,4H2,1-3H3,(H,15,16)(H,11,12,13). The minimum Gasteiger partial charge on any atom is -0.481 e. The van der Waals surface area contributed by atoms with Crippen molar-refractivity contribution < 1.29 is 9.90 Å². The Labute approximate surface area is 92.3 Å². The van der Waals surface area contributed by atoms with Gasteiger partial charge in [0.05, 0.1) is 17.8 Å². The number of fused-ring (bicyclic) bond motifs is 1. The quantitative estimate of drug-likeness (QED) is 0.815. The average molecular weight is 222 g/mol. The Kier molecular flexibility index (Phi) is 2.41. The molecule has 16 heavy (non-hydrogen) atoms. The van der Waals surface area contributed by atoms with E-state index in [2.05, 4.69) is 15.1 Å². The van der Waals surface area contributed by atoms with Gasteiger partial charge in [-0.1, -0.05) is 13.8 Å². The van der Waals surface area contributed by atoms with Gasteiger partial charge in [0.15, 0.2) is 0 Å². The van der Waals surface area contributed by atoms with E-state index in [0.29, 0.717) is 17.2 Å². The molecule has 6 heteroatoms. The molecule has 2 heterocycles. The fourth-order valence-electron chi connectivity index (χ4n) is 1.60. The van der Waals surface area contributed by atoms with Crippen LogP contribution in [0, 0.1) is 6.92 Å². The lowest BCUT2D eigenvalue weighted by atomic mass is 10.2. The van der Waals surface area contributed by atoms with Gasteiger partial charge in [0.25, 0.3) is 5.78 Å². The van der Waals surface area contributed by atoms with Gasteiger partial charge in [-0.15, -0.1) is 0 Å². The molecule has 6 nitrogen and oxygen atoms in total. The first kappa shape index (κ1) is 10.7. The zero-order chi connectivity index (χ0) is 11.9. The van der Waals surface area contributed by atoms with Crippen LogP contribution >= 0.6 is 0 Å². The molecule has 0 saturated carbocycles. The molecule has 0 fully saturated rings. The van der Waals surface area contributed by atoms with Gasteiger partial charge in [-0.2, -0.15) is 4.98 Å². The van der Waals surface area contributed by atoms with Gasteiger partial charge in [0, 0.05) is 5.92 Å². The van der Waals surface area contributed by atoms with Gasteiger partial charge in [-0.05, 0) is 6.92 Å². The highest BCUT2D eigenvalue weighted by atomic mass is 16.4. The Morgan fingerprint density at radius 1 is 1.50 bits per heavy atom. The predicted molar refractivity (Wildman–Crippen MR) is 57.5 cm³/mol. The minimum atomic E-state index is -0.870. The number of carboxylic acids is 1. The van der Waals surface area contributed by atoms with E-state index in [9.17, 15) is 4.79 Å². The lowest BCUT2D eigenvalue weighted by molar-refractivity contribution is -0.136. The summed E-state index contributed by atoms with van der Waals surface area (Å²) in [6.45, 7) is 5.82. The van der Waals surface area contributed by atoms with Crippen LogP contribution in [0.4, 0.5) is 0 Å². The Morgan fingerprint density at radius 3 is 2.75 bits per heavy atom. The van der Waals surface area contributed by atoms with Crippen molar-refractivity contribution in [1.29, 1.82) is 0 Å². The number of hydrogen-bond donors (Lipinski definition) is 2. The van der Waals surface area contributed by atoms with E-state index < -0.39 is 5.97 Å². The van der Waals surface area contributed by atoms with Gasteiger partial charge in [-0.3, -0.25) is 9.89 Å². The number of aryl methyl sites for hydroxylation is 1. The van der Waals surface area contributed by atoms with Gasteiger partial charge < -0.3 is 5.11 Å². The van der Waals surface area contributed by atoms with Crippen molar-refractivity contribution in [2.75, 3.05) is 0 Å². The number of carbonyl (C=O) groups is 1. The molecule has 86 valence electrons. The van der Waals surface area contributed by atoms with E-state index >= 15 is 0 Å². The highest BCUT2D eigenvalue weighted by Crippen LogP contribution is 2.15. The summed E-state index contributed by atoms with van der Waals surface area (Å²) in [5.41, 5.74) is 1.36. The van der Waals surface area contributed by atoms with E-state index in [-0.39, 0.29) is 12.3 Å². The van der Waals surface area contributed by atoms with Crippen molar-refractivity contribution in [2.24, 2.45) is 0 Å². The van der Waals surface area contributed by atoms with Crippen LogP contribution in [0.15, 0.2) is 0 Å². The van der Waals surface area contributed by atoms with E-state index in [4.69, 9.17) is 5.11 Å². The molecule has 0 aromatic carbocycles. The van der Waals surface area contributed by atoms with Gasteiger partial charge in [0.1, 0.15) is 5.82 Å².